The van der Waals surface area contributed by atoms with Gasteiger partial charge < -0.3 is 15.2 Å². The number of ether oxygens (including phenoxy) is 2. The van der Waals surface area contributed by atoms with E-state index in [0.717, 1.165) is 11.1 Å². The molecule has 2 rings (SSSR count). The first kappa shape index (κ1) is 14.9. The smallest absolute Gasteiger partial charge is 0.161 e. The van der Waals surface area contributed by atoms with Gasteiger partial charge in [0, 0.05) is 11.6 Å². The molecule has 2 aromatic carbocycles. The van der Waals surface area contributed by atoms with E-state index in [-0.39, 0.29) is 6.04 Å². The SMILES string of the molecule is COc1cc([C@H](C)N)ccc1OCc1ccccc1C#N. The first-order chi connectivity index (χ1) is 10.2. The summed E-state index contributed by atoms with van der Waals surface area (Å²) in [6.07, 6.45) is 0. The highest BCUT2D eigenvalue weighted by atomic mass is 16.5. The van der Waals surface area contributed by atoms with E-state index in [2.05, 4.69) is 6.07 Å². The fourth-order valence-electron chi connectivity index (χ4n) is 2.00. The van der Waals surface area contributed by atoms with Crippen molar-refractivity contribution in [3.63, 3.8) is 0 Å². The minimum absolute atomic E-state index is 0.0627. The second kappa shape index (κ2) is 6.78. The van der Waals surface area contributed by atoms with Crippen LogP contribution in [0.25, 0.3) is 0 Å². The van der Waals surface area contributed by atoms with Gasteiger partial charge in [0.2, 0.25) is 0 Å². The highest BCUT2D eigenvalue weighted by Crippen LogP contribution is 2.30. The summed E-state index contributed by atoms with van der Waals surface area (Å²) in [5.74, 6) is 1.27. The second-order valence-corrected chi connectivity index (χ2v) is 4.76. The Balaban J connectivity index is 2.18. The quantitative estimate of drug-likeness (QED) is 0.914. The van der Waals surface area contributed by atoms with E-state index >= 15 is 0 Å². The van der Waals surface area contributed by atoms with Gasteiger partial charge in [0.1, 0.15) is 6.61 Å². The van der Waals surface area contributed by atoms with Gasteiger partial charge in [0.05, 0.1) is 18.7 Å². The lowest BCUT2D eigenvalue weighted by molar-refractivity contribution is 0.284. The first-order valence-electron chi connectivity index (χ1n) is 6.70. The summed E-state index contributed by atoms with van der Waals surface area (Å²) >= 11 is 0. The van der Waals surface area contributed by atoms with Crippen molar-refractivity contribution in [3.8, 4) is 17.6 Å². The predicted octanol–water partition coefficient (Wildman–Crippen LogP) is 3.17. The van der Waals surface area contributed by atoms with Crippen LogP contribution in [0.15, 0.2) is 42.5 Å². The van der Waals surface area contributed by atoms with Crippen LogP contribution in [0.4, 0.5) is 0 Å². The number of nitrogens with zero attached hydrogens (tertiary/aromatic N) is 1. The van der Waals surface area contributed by atoms with Gasteiger partial charge in [-0.05, 0) is 30.7 Å². The van der Waals surface area contributed by atoms with Crippen LogP contribution in [0.5, 0.6) is 11.5 Å². The molecule has 0 spiro atoms. The standard InChI is InChI=1S/C17H18N2O2/c1-12(19)13-7-8-16(17(9-13)20-2)21-11-15-6-4-3-5-14(15)10-18/h3-9,12H,11,19H2,1-2H3/t12-/m0/s1. The zero-order chi connectivity index (χ0) is 15.2. The number of nitrogens with two attached hydrogens (primary N) is 1. The Bertz CT molecular complexity index is 660. The molecule has 2 aromatic rings. The van der Waals surface area contributed by atoms with Gasteiger partial charge in [-0.15, -0.1) is 0 Å². The molecule has 0 aromatic heterocycles. The third-order valence-electron chi connectivity index (χ3n) is 3.23. The van der Waals surface area contributed by atoms with Crippen LogP contribution in [-0.4, -0.2) is 7.11 Å². The van der Waals surface area contributed by atoms with E-state index in [9.17, 15) is 0 Å². The van der Waals surface area contributed by atoms with Crippen molar-refractivity contribution in [2.45, 2.75) is 19.6 Å². The van der Waals surface area contributed by atoms with Crippen molar-refractivity contribution < 1.29 is 9.47 Å². The summed E-state index contributed by atoms with van der Waals surface area (Å²) in [5, 5.41) is 9.07. The number of nitriles is 1. The number of rotatable bonds is 5. The van der Waals surface area contributed by atoms with Gasteiger partial charge in [-0.1, -0.05) is 24.3 Å². The van der Waals surface area contributed by atoms with E-state index in [1.54, 1.807) is 13.2 Å². The number of benzene rings is 2. The molecule has 4 heteroatoms. The largest absolute Gasteiger partial charge is 0.493 e. The molecule has 0 saturated carbocycles. The lowest BCUT2D eigenvalue weighted by Crippen LogP contribution is -2.06. The molecule has 0 heterocycles. The molecule has 0 saturated heterocycles. The molecular weight excluding hydrogens is 264 g/mol. The van der Waals surface area contributed by atoms with Crippen LogP contribution < -0.4 is 15.2 Å². The van der Waals surface area contributed by atoms with Crippen LogP contribution in [0.3, 0.4) is 0 Å². The van der Waals surface area contributed by atoms with Crippen LogP contribution >= 0.6 is 0 Å². The molecule has 0 aliphatic rings. The molecule has 0 amide bonds. The Morgan fingerprint density at radius 1 is 1.19 bits per heavy atom. The molecule has 108 valence electrons. The number of hydrogen-bond acceptors (Lipinski definition) is 4. The topological polar surface area (TPSA) is 68.3 Å². The monoisotopic (exact) mass is 282 g/mol. The van der Waals surface area contributed by atoms with E-state index in [0.29, 0.717) is 23.7 Å². The van der Waals surface area contributed by atoms with Crippen LogP contribution in [0.2, 0.25) is 0 Å². The fourth-order valence-corrected chi connectivity index (χ4v) is 2.00. The van der Waals surface area contributed by atoms with Crippen molar-refractivity contribution in [1.82, 2.24) is 0 Å². The third-order valence-corrected chi connectivity index (χ3v) is 3.23. The van der Waals surface area contributed by atoms with Crippen LogP contribution in [-0.2, 0) is 6.61 Å². The lowest BCUT2D eigenvalue weighted by atomic mass is 10.1. The average Bonchev–Trinajstić information content (AvgIpc) is 2.52. The minimum atomic E-state index is -0.0627. The van der Waals surface area contributed by atoms with Crippen LogP contribution in [0, 0.1) is 11.3 Å². The molecule has 4 nitrogen and oxygen atoms in total. The molecule has 2 N–H and O–H groups in total. The molecule has 1 atom stereocenters. The Morgan fingerprint density at radius 2 is 1.95 bits per heavy atom. The maximum atomic E-state index is 9.07. The molecular formula is C17H18N2O2. The van der Waals surface area contributed by atoms with E-state index in [1.165, 1.54) is 0 Å². The molecule has 0 unspecified atom stereocenters. The van der Waals surface area contributed by atoms with E-state index < -0.39 is 0 Å². The summed E-state index contributed by atoms with van der Waals surface area (Å²) in [6.45, 7) is 2.23. The van der Waals surface area contributed by atoms with Gasteiger partial charge >= 0.3 is 0 Å². The van der Waals surface area contributed by atoms with Gasteiger partial charge in [-0.25, -0.2) is 0 Å². The lowest BCUT2D eigenvalue weighted by Gasteiger charge is -2.14. The summed E-state index contributed by atoms with van der Waals surface area (Å²) in [7, 11) is 1.59. The average molecular weight is 282 g/mol. The number of hydrogen-bond donors (Lipinski definition) is 1. The normalized spacial score (nSPS) is 11.5. The Kier molecular flexibility index (Phi) is 4.81. The fraction of sp³-hybridized carbons (Fsp3) is 0.235. The zero-order valence-electron chi connectivity index (χ0n) is 12.2. The minimum Gasteiger partial charge on any atom is -0.493 e. The van der Waals surface area contributed by atoms with Crippen molar-refractivity contribution >= 4 is 0 Å². The predicted molar refractivity (Wildman–Crippen MR) is 81.1 cm³/mol. The van der Waals surface area contributed by atoms with Crippen molar-refractivity contribution in [1.29, 1.82) is 5.26 Å². The summed E-state index contributed by atoms with van der Waals surface area (Å²) in [4.78, 5) is 0. The highest BCUT2D eigenvalue weighted by molar-refractivity contribution is 5.44. The molecule has 0 aliphatic heterocycles. The molecule has 0 fully saturated rings. The molecule has 0 bridgehead atoms. The summed E-state index contributed by atoms with van der Waals surface area (Å²) in [5.41, 5.74) is 8.30. The van der Waals surface area contributed by atoms with Crippen molar-refractivity contribution in [2.24, 2.45) is 5.73 Å². The Hall–Kier alpha value is -2.51. The molecule has 0 aliphatic carbocycles. The third kappa shape index (κ3) is 3.53. The van der Waals surface area contributed by atoms with E-state index in [4.69, 9.17) is 20.5 Å². The Morgan fingerprint density at radius 3 is 2.62 bits per heavy atom. The first-order valence-corrected chi connectivity index (χ1v) is 6.70. The molecule has 21 heavy (non-hydrogen) atoms. The number of methoxy groups -OCH3 is 1. The maximum absolute atomic E-state index is 9.07. The van der Waals surface area contributed by atoms with Crippen molar-refractivity contribution in [3.05, 3.63) is 59.2 Å². The van der Waals surface area contributed by atoms with Gasteiger partial charge in [-0.2, -0.15) is 5.26 Å². The van der Waals surface area contributed by atoms with Gasteiger partial charge in [0.25, 0.3) is 0 Å². The summed E-state index contributed by atoms with van der Waals surface area (Å²) in [6, 6.07) is 15.1. The second-order valence-electron chi connectivity index (χ2n) is 4.76. The highest BCUT2D eigenvalue weighted by Gasteiger charge is 2.09. The van der Waals surface area contributed by atoms with Crippen LogP contribution in [0.1, 0.15) is 29.7 Å². The van der Waals surface area contributed by atoms with Gasteiger partial charge in [-0.3, -0.25) is 0 Å². The van der Waals surface area contributed by atoms with Crippen molar-refractivity contribution in [2.75, 3.05) is 7.11 Å². The molecule has 0 radical (unpaired) electrons. The summed E-state index contributed by atoms with van der Waals surface area (Å²) < 4.78 is 11.1. The van der Waals surface area contributed by atoms with E-state index in [1.807, 2.05) is 43.3 Å². The van der Waals surface area contributed by atoms with Gasteiger partial charge in [0.15, 0.2) is 11.5 Å². The maximum Gasteiger partial charge on any atom is 0.161 e. The Labute approximate surface area is 124 Å². The zero-order valence-corrected chi connectivity index (χ0v) is 12.2.